The third-order valence-corrected chi connectivity index (χ3v) is 8.35. The lowest BCUT2D eigenvalue weighted by Crippen LogP contribution is -2.34. The summed E-state index contributed by atoms with van der Waals surface area (Å²) in [5, 5.41) is 11.5. The summed E-state index contributed by atoms with van der Waals surface area (Å²) in [6, 6.07) is 20.9. The molecule has 1 aliphatic heterocycles. The van der Waals surface area contributed by atoms with E-state index in [-0.39, 0.29) is 24.2 Å². The quantitative estimate of drug-likeness (QED) is 0.194. The van der Waals surface area contributed by atoms with E-state index in [0.29, 0.717) is 58.2 Å². The van der Waals surface area contributed by atoms with Gasteiger partial charge in [0.1, 0.15) is 17.6 Å². The van der Waals surface area contributed by atoms with Crippen LogP contribution in [0.5, 0.6) is 5.75 Å². The number of fused-ring (bicyclic) bond motifs is 1. The van der Waals surface area contributed by atoms with E-state index in [1.54, 1.807) is 39.9 Å². The molecule has 1 aliphatic rings. The van der Waals surface area contributed by atoms with Crippen LogP contribution in [0.4, 0.5) is 16.0 Å². The van der Waals surface area contributed by atoms with Gasteiger partial charge in [-0.1, -0.05) is 60.3 Å². The van der Waals surface area contributed by atoms with E-state index in [1.165, 1.54) is 17.8 Å². The predicted octanol–water partition coefficient (Wildman–Crippen LogP) is 6.19. The second kappa shape index (κ2) is 13.8. The number of carbonyl (C=O) groups is 2. The molecule has 0 bridgehead atoms. The first-order valence-corrected chi connectivity index (χ1v) is 15.5. The van der Waals surface area contributed by atoms with Crippen molar-refractivity contribution in [2.24, 2.45) is 0 Å². The molecule has 0 saturated carbocycles. The maximum Gasteiger partial charge on any atom is 0.260 e. The Bertz CT molecular complexity index is 1680. The molecule has 1 atom stereocenters. The van der Waals surface area contributed by atoms with Crippen molar-refractivity contribution in [3.63, 3.8) is 0 Å². The highest BCUT2D eigenvalue weighted by molar-refractivity contribution is 7.98. The number of nitrogens with zero attached hydrogens (tertiary/aromatic N) is 4. The highest BCUT2D eigenvalue weighted by atomic mass is 32.2. The van der Waals surface area contributed by atoms with Gasteiger partial charge in [-0.25, -0.2) is 9.07 Å². The lowest BCUT2D eigenvalue weighted by atomic mass is 9.95. The van der Waals surface area contributed by atoms with Gasteiger partial charge in [0, 0.05) is 30.2 Å². The molecule has 5 rings (SSSR count). The second-order valence-corrected chi connectivity index (χ2v) is 11.2. The number of para-hydroxylation sites is 1. The average molecular weight is 615 g/mol. The van der Waals surface area contributed by atoms with E-state index in [1.807, 2.05) is 64.1 Å². The van der Waals surface area contributed by atoms with Crippen molar-refractivity contribution in [2.75, 3.05) is 30.3 Å². The Morgan fingerprint density at radius 1 is 1.02 bits per heavy atom. The minimum atomic E-state index is -0.614. The van der Waals surface area contributed by atoms with Gasteiger partial charge < -0.3 is 20.3 Å². The zero-order valence-corrected chi connectivity index (χ0v) is 26.0. The van der Waals surface area contributed by atoms with Crippen LogP contribution in [-0.4, -0.2) is 51.2 Å². The molecule has 228 valence electrons. The molecular weight excluding hydrogens is 579 g/mol. The number of thioether (sulfide) groups is 1. The van der Waals surface area contributed by atoms with Gasteiger partial charge in [0.25, 0.3) is 11.8 Å². The summed E-state index contributed by atoms with van der Waals surface area (Å²) in [7, 11) is 0. The SMILES string of the molecule is CCN(CC)C(=O)COc1ccc(C2C(C(=O)Nc3ccccc3C)=C(C)Nc3nc(SCc4ccccc4F)nn32)cc1. The molecule has 0 spiro atoms. The summed E-state index contributed by atoms with van der Waals surface area (Å²) >= 11 is 1.31. The van der Waals surface area contributed by atoms with Gasteiger partial charge >= 0.3 is 0 Å². The van der Waals surface area contributed by atoms with Crippen molar-refractivity contribution in [1.82, 2.24) is 19.7 Å². The number of nitrogens with one attached hydrogen (secondary N) is 2. The van der Waals surface area contributed by atoms with Crippen molar-refractivity contribution in [2.45, 2.75) is 44.6 Å². The first-order valence-electron chi connectivity index (χ1n) is 14.5. The Kier molecular flexibility index (Phi) is 9.64. The van der Waals surface area contributed by atoms with Gasteiger partial charge in [-0.2, -0.15) is 4.98 Å². The van der Waals surface area contributed by atoms with Crippen LogP contribution in [0.3, 0.4) is 0 Å². The number of hydrogen-bond donors (Lipinski definition) is 2. The van der Waals surface area contributed by atoms with E-state index < -0.39 is 6.04 Å². The Balaban J connectivity index is 1.44. The van der Waals surface area contributed by atoms with Crippen molar-refractivity contribution in [1.29, 1.82) is 0 Å². The fourth-order valence-electron chi connectivity index (χ4n) is 5.01. The Labute approximate surface area is 260 Å². The Hall–Kier alpha value is -4.64. The standard InChI is InChI=1S/C33H35FN6O3S/c1-5-39(6-2)28(41)19-43-25-17-15-23(16-18-25)30-29(31(42)36-27-14-10-7-11-21(27)3)22(4)35-32-37-33(38-40(30)32)44-20-24-12-8-9-13-26(24)34/h7-18,30H,5-6,19-20H2,1-4H3,(H,36,42)(H,35,37,38). The smallest absolute Gasteiger partial charge is 0.260 e. The molecule has 1 unspecified atom stereocenters. The van der Waals surface area contributed by atoms with E-state index in [2.05, 4.69) is 15.6 Å². The molecule has 9 nitrogen and oxygen atoms in total. The van der Waals surface area contributed by atoms with Crippen LogP contribution in [-0.2, 0) is 15.3 Å². The van der Waals surface area contributed by atoms with Crippen molar-refractivity contribution in [3.05, 3.63) is 107 Å². The summed E-state index contributed by atoms with van der Waals surface area (Å²) in [5.41, 5.74) is 4.09. The number of benzene rings is 3. The number of anilines is 2. The monoisotopic (exact) mass is 614 g/mol. The van der Waals surface area contributed by atoms with Crippen LogP contribution in [0.1, 0.15) is 43.5 Å². The van der Waals surface area contributed by atoms with Gasteiger partial charge in [0.15, 0.2) is 6.61 Å². The lowest BCUT2D eigenvalue weighted by Gasteiger charge is -2.29. The largest absolute Gasteiger partial charge is 0.484 e. The minimum Gasteiger partial charge on any atom is -0.484 e. The number of ether oxygens (including phenoxy) is 1. The van der Waals surface area contributed by atoms with Crippen molar-refractivity contribution < 1.29 is 18.7 Å². The first kappa shape index (κ1) is 30.8. The number of hydrogen-bond acceptors (Lipinski definition) is 7. The predicted molar refractivity (Wildman–Crippen MR) is 170 cm³/mol. The molecule has 2 amide bonds. The summed E-state index contributed by atoms with van der Waals surface area (Å²) in [4.78, 5) is 32.7. The van der Waals surface area contributed by atoms with E-state index >= 15 is 0 Å². The molecular formula is C33H35FN6O3S. The summed E-state index contributed by atoms with van der Waals surface area (Å²) in [5.74, 6) is 0.719. The van der Waals surface area contributed by atoms with E-state index in [9.17, 15) is 14.0 Å². The molecule has 0 fully saturated rings. The van der Waals surface area contributed by atoms with Gasteiger partial charge in [-0.05, 0) is 68.7 Å². The third kappa shape index (κ3) is 6.78. The zero-order valence-electron chi connectivity index (χ0n) is 25.1. The number of amides is 2. The zero-order chi connectivity index (χ0) is 31.2. The van der Waals surface area contributed by atoms with Crippen LogP contribution in [0.2, 0.25) is 0 Å². The fraction of sp³-hybridized carbons (Fsp3) is 0.273. The summed E-state index contributed by atoms with van der Waals surface area (Å²) < 4.78 is 21.7. The second-order valence-electron chi connectivity index (χ2n) is 10.3. The van der Waals surface area contributed by atoms with Gasteiger partial charge in [0.05, 0.1) is 5.57 Å². The molecule has 2 N–H and O–H groups in total. The topological polar surface area (TPSA) is 101 Å². The van der Waals surface area contributed by atoms with Crippen LogP contribution in [0.25, 0.3) is 0 Å². The number of halogens is 1. The number of allylic oxidation sites excluding steroid dienone is 1. The number of rotatable bonds is 11. The molecule has 0 radical (unpaired) electrons. The van der Waals surface area contributed by atoms with Crippen LogP contribution < -0.4 is 15.4 Å². The normalized spacial score (nSPS) is 14.1. The van der Waals surface area contributed by atoms with E-state index in [0.717, 1.165) is 11.1 Å². The third-order valence-electron chi connectivity index (χ3n) is 7.46. The Morgan fingerprint density at radius 2 is 1.73 bits per heavy atom. The highest BCUT2D eigenvalue weighted by Gasteiger charge is 2.34. The number of aromatic nitrogens is 3. The van der Waals surface area contributed by atoms with Crippen molar-refractivity contribution in [3.8, 4) is 5.75 Å². The summed E-state index contributed by atoms with van der Waals surface area (Å²) in [6.45, 7) is 8.81. The lowest BCUT2D eigenvalue weighted by molar-refractivity contribution is -0.133. The highest BCUT2D eigenvalue weighted by Crippen LogP contribution is 2.38. The molecule has 2 heterocycles. The van der Waals surface area contributed by atoms with Crippen LogP contribution in [0.15, 0.2) is 89.2 Å². The summed E-state index contributed by atoms with van der Waals surface area (Å²) in [6.07, 6.45) is 0. The van der Waals surface area contributed by atoms with E-state index in [4.69, 9.17) is 9.84 Å². The number of likely N-dealkylation sites (N-methyl/N-ethyl adjacent to an activating group) is 1. The van der Waals surface area contributed by atoms with Gasteiger partial charge in [0.2, 0.25) is 11.1 Å². The number of aryl methyl sites for hydroxylation is 1. The first-order chi connectivity index (χ1) is 21.3. The van der Waals surface area contributed by atoms with Gasteiger partial charge in [-0.15, -0.1) is 5.10 Å². The molecule has 3 aromatic carbocycles. The fourth-order valence-corrected chi connectivity index (χ4v) is 5.83. The molecule has 0 aliphatic carbocycles. The molecule has 11 heteroatoms. The molecule has 4 aromatic rings. The maximum absolute atomic E-state index is 14.3. The number of carbonyl (C=O) groups excluding carboxylic acids is 2. The minimum absolute atomic E-state index is 0.0622. The molecule has 1 aromatic heterocycles. The molecule has 0 saturated heterocycles. The average Bonchev–Trinajstić information content (AvgIpc) is 3.43. The Morgan fingerprint density at radius 3 is 2.43 bits per heavy atom. The molecule has 44 heavy (non-hydrogen) atoms. The maximum atomic E-state index is 14.3. The van der Waals surface area contributed by atoms with Gasteiger partial charge in [-0.3, -0.25) is 9.59 Å². The van der Waals surface area contributed by atoms with Crippen molar-refractivity contribution >= 4 is 35.2 Å². The van der Waals surface area contributed by atoms with Crippen LogP contribution in [0, 0.1) is 12.7 Å². The van der Waals surface area contributed by atoms with Crippen LogP contribution >= 0.6 is 11.8 Å².